The molecule has 4 rings (SSSR count). The Balaban J connectivity index is 1.76. The molecule has 2 saturated carbocycles. The average molecular weight is 324 g/mol. The van der Waals surface area contributed by atoms with E-state index >= 15 is 0 Å². The molecule has 2 aromatic rings. The van der Waals surface area contributed by atoms with Crippen molar-refractivity contribution < 1.29 is 9.85 Å². The number of rotatable bonds is 5. The van der Waals surface area contributed by atoms with Gasteiger partial charge in [-0.2, -0.15) is 0 Å². The van der Waals surface area contributed by atoms with Crippen LogP contribution in [-0.4, -0.2) is 20.9 Å². The molecule has 4 atom stereocenters. The van der Waals surface area contributed by atoms with E-state index in [1.165, 1.54) is 0 Å². The van der Waals surface area contributed by atoms with Crippen molar-refractivity contribution in [2.45, 2.75) is 35.8 Å². The summed E-state index contributed by atoms with van der Waals surface area (Å²) in [5.74, 6) is -0.791. The fraction of sp³-hybridized carbons (Fsp3) is 0.333. The summed E-state index contributed by atoms with van der Waals surface area (Å²) in [6.45, 7) is 0. The highest BCUT2D eigenvalue weighted by atomic mass is 16.7. The summed E-state index contributed by atoms with van der Waals surface area (Å²) in [7, 11) is 0. The lowest BCUT2D eigenvalue weighted by molar-refractivity contribution is -0.644. The van der Waals surface area contributed by atoms with Crippen LogP contribution in [0.1, 0.15) is 35.8 Å². The number of nitro groups is 2. The molecule has 2 aliphatic rings. The average Bonchev–Trinajstić information content (AvgIpc) is 3.48. The van der Waals surface area contributed by atoms with E-state index in [0.29, 0.717) is 0 Å². The van der Waals surface area contributed by atoms with Crippen LogP contribution in [0.2, 0.25) is 0 Å². The van der Waals surface area contributed by atoms with Gasteiger partial charge in [-0.25, -0.2) is 0 Å². The minimum Gasteiger partial charge on any atom is -0.264 e. The summed E-state index contributed by atoms with van der Waals surface area (Å²) < 4.78 is 0. The first-order valence-corrected chi connectivity index (χ1v) is 7.93. The van der Waals surface area contributed by atoms with Crippen LogP contribution in [0.25, 0.3) is 0 Å². The second-order valence-electron chi connectivity index (χ2n) is 6.70. The molecular weight excluding hydrogens is 308 g/mol. The standard InChI is InChI=1S/C18H16N2O4/c21-19(22)17(11-15(17)13-7-3-1-4-8-13)18(20(23)24)12-16(18)14-9-5-2-6-10-14/h1-10,15-16H,11-12H2/t15-,16-,17-,18-/m0/s1. The highest BCUT2D eigenvalue weighted by Gasteiger charge is 2.93. The zero-order valence-corrected chi connectivity index (χ0v) is 12.9. The molecule has 0 saturated heterocycles. The third-order valence-electron chi connectivity index (χ3n) is 5.67. The molecule has 0 N–H and O–H groups in total. The van der Waals surface area contributed by atoms with Crippen molar-refractivity contribution >= 4 is 0 Å². The molecule has 0 unspecified atom stereocenters. The Morgan fingerprint density at radius 2 is 1.04 bits per heavy atom. The summed E-state index contributed by atoms with van der Waals surface area (Å²) in [5.41, 5.74) is -1.38. The van der Waals surface area contributed by atoms with Crippen molar-refractivity contribution in [2.24, 2.45) is 0 Å². The van der Waals surface area contributed by atoms with Crippen LogP contribution in [-0.2, 0) is 0 Å². The molecule has 2 fully saturated rings. The van der Waals surface area contributed by atoms with Crippen LogP contribution in [0.5, 0.6) is 0 Å². The van der Waals surface area contributed by atoms with E-state index in [2.05, 4.69) is 0 Å². The Morgan fingerprint density at radius 1 is 0.708 bits per heavy atom. The summed E-state index contributed by atoms with van der Waals surface area (Å²) in [6, 6.07) is 18.2. The summed E-state index contributed by atoms with van der Waals surface area (Å²) >= 11 is 0. The fourth-order valence-corrected chi connectivity index (χ4v) is 4.34. The first kappa shape index (κ1) is 14.8. The van der Waals surface area contributed by atoms with Gasteiger partial charge in [-0.05, 0) is 11.1 Å². The van der Waals surface area contributed by atoms with Gasteiger partial charge in [-0.1, -0.05) is 60.7 Å². The molecule has 122 valence electrons. The van der Waals surface area contributed by atoms with Crippen LogP contribution >= 0.6 is 0 Å². The van der Waals surface area contributed by atoms with Crippen LogP contribution in [0, 0.1) is 20.2 Å². The first-order valence-electron chi connectivity index (χ1n) is 7.93. The van der Waals surface area contributed by atoms with E-state index in [0.717, 1.165) is 11.1 Å². The van der Waals surface area contributed by atoms with E-state index in [1.54, 1.807) is 0 Å². The van der Waals surface area contributed by atoms with Gasteiger partial charge in [-0.3, -0.25) is 20.2 Å². The molecule has 0 bridgehead atoms. The van der Waals surface area contributed by atoms with Crippen molar-refractivity contribution in [3.8, 4) is 0 Å². The van der Waals surface area contributed by atoms with Crippen molar-refractivity contribution in [2.75, 3.05) is 0 Å². The van der Waals surface area contributed by atoms with E-state index in [-0.39, 0.29) is 12.8 Å². The lowest BCUT2D eigenvalue weighted by atomic mass is 9.93. The Labute approximate surface area is 138 Å². The molecular formula is C18H16N2O4. The number of benzene rings is 2. The second-order valence-corrected chi connectivity index (χ2v) is 6.70. The summed E-state index contributed by atoms with van der Waals surface area (Å²) in [6.07, 6.45) is 0.461. The molecule has 0 amide bonds. The molecule has 0 aliphatic heterocycles. The molecule has 0 aromatic heterocycles. The van der Waals surface area contributed by atoms with Crippen molar-refractivity contribution in [1.29, 1.82) is 0 Å². The molecule has 0 heterocycles. The van der Waals surface area contributed by atoms with Gasteiger partial charge in [-0.15, -0.1) is 0 Å². The van der Waals surface area contributed by atoms with Crippen molar-refractivity contribution in [3.63, 3.8) is 0 Å². The van der Waals surface area contributed by atoms with E-state index in [1.807, 2.05) is 60.7 Å². The van der Waals surface area contributed by atoms with Gasteiger partial charge in [0.2, 0.25) is 0 Å². The molecule has 2 aromatic carbocycles. The third-order valence-corrected chi connectivity index (χ3v) is 5.67. The van der Waals surface area contributed by atoms with Gasteiger partial charge in [0.05, 0.1) is 11.8 Å². The normalized spacial score (nSPS) is 33.7. The topological polar surface area (TPSA) is 86.3 Å². The third kappa shape index (κ3) is 1.76. The quantitative estimate of drug-likeness (QED) is 0.623. The Kier molecular flexibility index (Phi) is 3.00. The lowest BCUT2D eigenvalue weighted by Crippen LogP contribution is -2.46. The van der Waals surface area contributed by atoms with Gasteiger partial charge < -0.3 is 0 Å². The zero-order valence-electron chi connectivity index (χ0n) is 12.9. The fourth-order valence-electron chi connectivity index (χ4n) is 4.34. The maximum Gasteiger partial charge on any atom is 0.298 e. The molecule has 0 spiro atoms. The van der Waals surface area contributed by atoms with E-state index < -0.39 is 32.8 Å². The van der Waals surface area contributed by atoms with Gasteiger partial charge in [0.25, 0.3) is 11.1 Å². The molecule has 24 heavy (non-hydrogen) atoms. The number of hydrogen-bond acceptors (Lipinski definition) is 4. The van der Waals surface area contributed by atoms with Crippen LogP contribution < -0.4 is 0 Å². The summed E-state index contributed by atoms with van der Waals surface area (Å²) in [4.78, 5) is 23.1. The predicted molar refractivity (Wildman–Crippen MR) is 87.1 cm³/mol. The molecule has 6 heteroatoms. The van der Waals surface area contributed by atoms with Gasteiger partial charge >= 0.3 is 0 Å². The molecule has 2 aliphatic carbocycles. The van der Waals surface area contributed by atoms with Gasteiger partial charge in [0, 0.05) is 22.7 Å². The Bertz CT molecular complexity index is 741. The van der Waals surface area contributed by atoms with Crippen LogP contribution in [0.15, 0.2) is 60.7 Å². The first-order chi connectivity index (χ1) is 11.5. The Morgan fingerprint density at radius 3 is 1.33 bits per heavy atom. The largest absolute Gasteiger partial charge is 0.298 e. The maximum atomic E-state index is 11.9. The van der Waals surface area contributed by atoms with E-state index in [9.17, 15) is 20.2 Å². The predicted octanol–water partition coefficient (Wildman–Crippen LogP) is 3.39. The van der Waals surface area contributed by atoms with Gasteiger partial charge in [0.1, 0.15) is 0 Å². The second kappa shape index (κ2) is 4.87. The van der Waals surface area contributed by atoms with Crippen LogP contribution in [0.4, 0.5) is 0 Å². The number of hydrogen-bond donors (Lipinski definition) is 0. The van der Waals surface area contributed by atoms with Crippen molar-refractivity contribution in [3.05, 3.63) is 92.0 Å². The van der Waals surface area contributed by atoms with Gasteiger partial charge in [0.15, 0.2) is 0 Å². The smallest absolute Gasteiger partial charge is 0.264 e. The zero-order chi connectivity index (χ0) is 16.9. The highest BCUT2D eigenvalue weighted by Crippen LogP contribution is 2.73. The minimum absolute atomic E-state index is 0.230. The molecule has 6 nitrogen and oxygen atoms in total. The lowest BCUT2D eigenvalue weighted by Gasteiger charge is -2.16. The maximum absolute atomic E-state index is 11.9. The summed E-state index contributed by atoms with van der Waals surface area (Å²) in [5, 5.41) is 23.9. The number of nitrogens with zero attached hydrogens (tertiary/aromatic N) is 2. The Hall–Kier alpha value is -2.76. The van der Waals surface area contributed by atoms with E-state index in [4.69, 9.17) is 0 Å². The van der Waals surface area contributed by atoms with Crippen molar-refractivity contribution in [1.82, 2.24) is 0 Å². The minimum atomic E-state index is -1.50. The monoisotopic (exact) mass is 324 g/mol. The SMILES string of the molecule is O=[N+]([O-])[C@@]1([C@]2([N+](=O)[O-])C[C@H]2c2ccccc2)C[C@H]1c1ccccc1. The van der Waals surface area contributed by atoms with Crippen LogP contribution in [0.3, 0.4) is 0 Å². The highest BCUT2D eigenvalue weighted by molar-refractivity contribution is 5.44. The molecule has 0 radical (unpaired) electrons.